The lowest BCUT2D eigenvalue weighted by atomic mass is 10.0. The van der Waals surface area contributed by atoms with Gasteiger partial charge < -0.3 is 10.6 Å². The van der Waals surface area contributed by atoms with Gasteiger partial charge in [-0.25, -0.2) is 8.78 Å². The zero-order chi connectivity index (χ0) is 22.8. The second-order valence-corrected chi connectivity index (χ2v) is 7.01. The van der Waals surface area contributed by atoms with Crippen LogP contribution < -0.4 is 5.73 Å². The lowest BCUT2D eigenvalue weighted by Crippen LogP contribution is -2.38. The number of carbonyl (C=O) groups is 1. The van der Waals surface area contributed by atoms with E-state index in [1.54, 1.807) is 0 Å². The third-order valence-electron chi connectivity index (χ3n) is 4.43. The standard InChI is InChI=1S/C19H18ClF6N3O/c1-9(10-3-6-13(20)12(7-10)19(24,25)26)8-29(11-4-5-11)18(30)14(17(23)28-2)15(27)16(21)22/h3,6-7,11,16H,1,4-5,8,27H2,2H3. The Balaban J connectivity index is 2.38. The monoisotopic (exact) mass is 453 g/mol. The number of aliphatic imine (C=N–C) groups is 1. The van der Waals surface area contributed by atoms with E-state index in [4.69, 9.17) is 17.3 Å². The Morgan fingerprint density at radius 3 is 2.43 bits per heavy atom. The highest BCUT2D eigenvalue weighted by molar-refractivity contribution is 6.31. The van der Waals surface area contributed by atoms with Crippen LogP contribution in [0.15, 0.2) is 41.0 Å². The molecule has 30 heavy (non-hydrogen) atoms. The molecule has 0 aliphatic heterocycles. The summed E-state index contributed by atoms with van der Waals surface area (Å²) >= 11 is 5.60. The van der Waals surface area contributed by atoms with E-state index in [9.17, 15) is 31.1 Å². The van der Waals surface area contributed by atoms with Crippen LogP contribution in [0.1, 0.15) is 24.0 Å². The largest absolute Gasteiger partial charge is 0.417 e. The Morgan fingerprint density at radius 1 is 1.37 bits per heavy atom. The molecular weight excluding hydrogens is 436 g/mol. The number of hydrogen-bond acceptors (Lipinski definition) is 3. The molecule has 0 heterocycles. The maximum absolute atomic E-state index is 14.1. The van der Waals surface area contributed by atoms with Gasteiger partial charge in [-0.05, 0) is 36.1 Å². The first-order valence-corrected chi connectivity index (χ1v) is 9.02. The molecule has 0 atom stereocenters. The van der Waals surface area contributed by atoms with E-state index in [-0.39, 0.29) is 17.7 Å². The summed E-state index contributed by atoms with van der Waals surface area (Å²) in [6, 6.07) is 2.69. The molecule has 1 aliphatic carbocycles. The van der Waals surface area contributed by atoms with Gasteiger partial charge >= 0.3 is 6.18 Å². The summed E-state index contributed by atoms with van der Waals surface area (Å²) in [5, 5.41) is -0.509. The number of nitrogens with two attached hydrogens (primary N) is 1. The first-order chi connectivity index (χ1) is 13.9. The van der Waals surface area contributed by atoms with Crippen molar-refractivity contribution in [3.8, 4) is 0 Å². The molecule has 2 rings (SSSR count). The van der Waals surface area contributed by atoms with Crippen LogP contribution in [-0.2, 0) is 11.0 Å². The third-order valence-corrected chi connectivity index (χ3v) is 4.76. The number of carbonyl (C=O) groups excluding carboxylic acids is 1. The van der Waals surface area contributed by atoms with E-state index < -0.39 is 52.4 Å². The number of halogens is 7. The fourth-order valence-corrected chi connectivity index (χ4v) is 2.93. The smallest absolute Gasteiger partial charge is 0.397 e. The van der Waals surface area contributed by atoms with Crippen LogP contribution in [-0.4, -0.2) is 42.8 Å². The molecule has 1 fully saturated rings. The summed E-state index contributed by atoms with van der Waals surface area (Å²) in [5.74, 6) is -2.59. The summed E-state index contributed by atoms with van der Waals surface area (Å²) in [6.07, 6.45) is -6.98. The zero-order valence-electron chi connectivity index (χ0n) is 15.7. The Morgan fingerprint density at radius 2 is 1.97 bits per heavy atom. The molecule has 1 aliphatic rings. The number of alkyl halides is 5. The normalized spacial score (nSPS) is 15.8. The first kappa shape index (κ1) is 23.8. The number of benzene rings is 1. The molecule has 1 saturated carbocycles. The van der Waals surface area contributed by atoms with E-state index in [1.165, 1.54) is 6.07 Å². The molecule has 0 radical (unpaired) electrons. The van der Waals surface area contributed by atoms with Crippen molar-refractivity contribution in [2.45, 2.75) is 31.5 Å². The number of nitrogens with zero attached hydrogens (tertiary/aromatic N) is 2. The summed E-state index contributed by atoms with van der Waals surface area (Å²) in [5.41, 5.74) is 1.92. The molecule has 164 valence electrons. The van der Waals surface area contributed by atoms with Gasteiger partial charge in [-0.15, -0.1) is 0 Å². The zero-order valence-corrected chi connectivity index (χ0v) is 16.5. The van der Waals surface area contributed by atoms with Gasteiger partial charge in [0.2, 0.25) is 5.97 Å². The Labute approximate surface area is 173 Å². The molecule has 0 aromatic heterocycles. The lowest BCUT2D eigenvalue weighted by molar-refractivity contribution is -0.137. The van der Waals surface area contributed by atoms with Crippen molar-refractivity contribution in [3.63, 3.8) is 0 Å². The summed E-state index contributed by atoms with van der Waals surface area (Å²) in [4.78, 5) is 17.0. The second-order valence-electron chi connectivity index (χ2n) is 6.61. The number of hydrogen-bond donors (Lipinski definition) is 1. The molecule has 0 unspecified atom stereocenters. The van der Waals surface area contributed by atoms with Gasteiger partial charge in [0.15, 0.2) is 0 Å². The van der Waals surface area contributed by atoms with E-state index in [1.807, 2.05) is 0 Å². The van der Waals surface area contributed by atoms with Crippen molar-refractivity contribution >= 4 is 29.0 Å². The van der Waals surface area contributed by atoms with Gasteiger partial charge in [0, 0.05) is 19.6 Å². The second kappa shape index (κ2) is 9.11. The van der Waals surface area contributed by atoms with Crippen LogP contribution in [0, 0.1) is 0 Å². The van der Waals surface area contributed by atoms with Crippen LogP contribution in [0.4, 0.5) is 26.3 Å². The molecule has 11 heteroatoms. The maximum atomic E-state index is 14.1. The van der Waals surface area contributed by atoms with Gasteiger partial charge in [0.05, 0.1) is 16.3 Å². The predicted octanol–water partition coefficient (Wildman–Crippen LogP) is 4.84. The Hall–Kier alpha value is -2.49. The van der Waals surface area contributed by atoms with Crippen LogP contribution in [0.5, 0.6) is 0 Å². The molecule has 4 nitrogen and oxygen atoms in total. The van der Waals surface area contributed by atoms with Crippen LogP contribution in [0.3, 0.4) is 0 Å². The van der Waals surface area contributed by atoms with Gasteiger partial charge in [-0.2, -0.15) is 17.6 Å². The van der Waals surface area contributed by atoms with Crippen molar-refractivity contribution in [2.75, 3.05) is 13.6 Å². The fourth-order valence-electron chi connectivity index (χ4n) is 2.71. The molecule has 2 N–H and O–H groups in total. The molecule has 1 amide bonds. The van der Waals surface area contributed by atoms with Gasteiger partial charge in [-0.1, -0.05) is 24.2 Å². The highest BCUT2D eigenvalue weighted by atomic mass is 35.5. The van der Waals surface area contributed by atoms with E-state index in [0.717, 1.165) is 24.1 Å². The Kier molecular flexibility index (Phi) is 7.23. The minimum absolute atomic E-state index is 0.0437. The molecule has 1 aromatic rings. The number of rotatable bonds is 7. The molecule has 1 aromatic carbocycles. The lowest BCUT2D eigenvalue weighted by Gasteiger charge is -2.25. The van der Waals surface area contributed by atoms with Crippen molar-refractivity contribution in [3.05, 3.63) is 52.2 Å². The van der Waals surface area contributed by atoms with E-state index in [0.29, 0.717) is 12.8 Å². The summed E-state index contributed by atoms with van der Waals surface area (Å²) < 4.78 is 79.4. The fraction of sp³-hybridized carbons (Fsp3) is 0.368. The van der Waals surface area contributed by atoms with Crippen LogP contribution in [0.2, 0.25) is 5.02 Å². The quantitative estimate of drug-likeness (QED) is 0.365. The first-order valence-electron chi connectivity index (χ1n) is 8.64. The van der Waals surface area contributed by atoms with Gasteiger partial charge in [0.1, 0.15) is 5.57 Å². The SMILES string of the molecule is C=C(CN(C(=O)C(C(F)=NC)=C(N)C(F)F)C1CC1)c1ccc(Cl)c(C(F)(F)F)c1. The number of amides is 1. The van der Waals surface area contributed by atoms with E-state index in [2.05, 4.69) is 11.6 Å². The minimum Gasteiger partial charge on any atom is -0.397 e. The highest BCUT2D eigenvalue weighted by Crippen LogP contribution is 2.37. The summed E-state index contributed by atoms with van der Waals surface area (Å²) in [7, 11) is 0.966. The predicted molar refractivity (Wildman–Crippen MR) is 102 cm³/mol. The van der Waals surface area contributed by atoms with Crippen LogP contribution >= 0.6 is 11.6 Å². The molecular formula is C19H18ClF6N3O. The van der Waals surface area contributed by atoms with Crippen molar-refractivity contribution in [1.29, 1.82) is 0 Å². The van der Waals surface area contributed by atoms with Gasteiger partial charge in [0.25, 0.3) is 12.3 Å². The van der Waals surface area contributed by atoms with Crippen LogP contribution in [0.25, 0.3) is 5.57 Å². The van der Waals surface area contributed by atoms with E-state index >= 15 is 0 Å². The molecule has 0 bridgehead atoms. The third kappa shape index (κ3) is 5.35. The minimum atomic E-state index is -4.71. The topological polar surface area (TPSA) is 58.7 Å². The van der Waals surface area contributed by atoms with Crippen molar-refractivity contribution in [2.24, 2.45) is 10.7 Å². The average molecular weight is 454 g/mol. The van der Waals surface area contributed by atoms with Crippen molar-refractivity contribution in [1.82, 2.24) is 4.90 Å². The highest BCUT2D eigenvalue weighted by Gasteiger charge is 2.38. The maximum Gasteiger partial charge on any atom is 0.417 e. The average Bonchev–Trinajstić information content (AvgIpc) is 3.49. The van der Waals surface area contributed by atoms with Gasteiger partial charge in [-0.3, -0.25) is 9.79 Å². The molecule has 0 saturated heterocycles. The summed E-state index contributed by atoms with van der Waals surface area (Å²) in [6.45, 7) is 3.37. The number of allylic oxidation sites excluding steroid dienone is 1. The Bertz CT molecular complexity index is 906. The molecule has 0 spiro atoms. The van der Waals surface area contributed by atoms with Crippen molar-refractivity contribution < 1.29 is 31.1 Å².